The molecule has 3 atom stereocenters. The molecule has 2 aromatic carbocycles. The van der Waals surface area contributed by atoms with Gasteiger partial charge in [-0.15, -0.1) is 0 Å². The predicted octanol–water partition coefficient (Wildman–Crippen LogP) is 5.11. The number of benzene rings is 2. The molecule has 1 N–H and O–H groups in total. The third-order valence-electron chi connectivity index (χ3n) is 7.34. The first-order chi connectivity index (χ1) is 17.6. The second kappa shape index (κ2) is 10.7. The fourth-order valence-corrected chi connectivity index (χ4v) is 5.39. The van der Waals surface area contributed by atoms with Gasteiger partial charge in [0.25, 0.3) is 0 Å². The summed E-state index contributed by atoms with van der Waals surface area (Å²) < 4.78 is 16.5. The largest absolute Gasteiger partial charge is 0.495 e. The molecular formula is C29H32N2O5. The second-order valence-electron chi connectivity index (χ2n) is 9.55. The highest BCUT2D eigenvalue weighted by molar-refractivity contribution is 5.83. The van der Waals surface area contributed by atoms with E-state index in [2.05, 4.69) is 16.0 Å². The molecule has 0 saturated carbocycles. The second-order valence-corrected chi connectivity index (χ2v) is 9.55. The van der Waals surface area contributed by atoms with Crippen LogP contribution >= 0.6 is 0 Å². The van der Waals surface area contributed by atoms with Crippen LogP contribution in [0.2, 0.25) is 0 Å². The van der Waals surface area contributed by atoms with E-state index in [0.29, 0.717) is 25.3 Å². The molecule has 0 unspecified atom stereocenters. The molecule has 2 aromatic heterocycles. The Morgan fingerprint density at radius 3 is 2.86 bits per heavy atom. The average molecular weight is 489 g/mol. The highest BCUT2D eigenvalue weighted by Gasteiger charge is 2.35. The number of aliphatic hydroxyl groups excluding tert-OH is 1. The van der Waals surface area contributed by atoms with Gasteiger partial charge in [0.05, 0.1) is 44.5 Å². The van der Waals surface area contributed by atoms with Gasteiger partial charge in [-0.3, -0.25) is 14.7 Å². The molecule has 1 saturated heterocycles. The molecule has 0 bridgehead atoms. The maximum atomic E-state index is 12.7. The summed E-state index contributed by atoms with van der Waals surface area (Å²) in [6.07, 6.45) is 3.16. The lowest BCUT2D eigenvalue weighted by atomic mass is 9.81. The molecule has 3 heterocycles. The van der Waals surface area contributed by atoms with Crippen LogP contribution in [0.3, 0.4) is 0 Å². The quantitative estimate of drug-likeness (QED) is 0.345. The summed E-state index contributed by atoms with van der Waals surface area (Å²) in [5.41, 5.74) is 2.52. The number of ether oxygens (including phenoxy) is 2. The summed E-state index contributed by atoms with van der Waals surface area (Å²) in [5, 5.41) is 13.1. The van der Waals surface area contributed by atoms with Crippen molar-refractivity contribution in [1.29, 1.82) is 0 Å². The smallest absolute Gasteiger partial charge is 0.310 e. The number of fused-ring (bicyclic) bond motifs is 2. The molecule has 0 radical (unpaired) electrons. The number of hydrogen-bond acceptors (Lipinski definition) is 7. The number of rotatable bonds is 8. The minimum Gasteiger partial charge on any atom is -0.495 e. The Morgan fingerprint density at radius 2 is 2.06 bits per heavy atom. The third-order valence-corrected chi connectivity index (χ3v) is 7.34. The Hall–Kier alpha value is -3.42. The first-order valence-electron chi connectivity index (χ1n) is 12.4. The van der Waals surface area contributed by atoms with Gasteiger partial charge >= 0.3 is 5.97 Å². The number of carbonyl (C=O) groups excluding carboxylic acids is 1. The fourth-order valence-electron chi connectivity index (χ4n) is 5.39. The van der Waals surface area contributed by atoms with Crippen LogP contribution in [0.5, 0.6) is 5.75 Å². The molecule has 0 aliphatic carbocycles. The summed E-state index contributed by atoms with van der Waals surface area (Å²) in [4.78, 5) is 19.4. The summed E-state index contributed by atoms with van der Waals surface area (Å²) in [6.45, 7) is 2.13. The number of nitrogens with zero attached hydrogens (tertiary/aromatic N) is 2. The minimum absolute atomic E-state index is 0.140. The van der Waals surface area contributed by atoms with E-state index in [4.69, 9.17) is 13.9 Å². The normalized spacial score (nSPS) is 19.4. The van der Waals surface area contributed by atoms with E-state index in [9.17, 15) is 9.90 Å². The highest BCUT2D eigenvalue weighted by Crippen LogP contribution is 2.34. The van der Waals surface area contributed by atoms with Crippen molar-refractivity contribution >= 4 is 27.8 Å². The standard InChI is InChI=1S/C29H32N2O5/c1-34-21-15-24-23(7-5-8-26(24)30-16-21)27(32)11-10-19-12-13-31(18-25(19)29(33)35-2)17-22-14-20-6-3-4-9-28(20)36-22/h3-9,14-16,19,25,27,32H,10-13,17-18H2,1-2H3/t19-,25+,27+/m1/s1. The van der Waals surface area contributed by atoms with Crippen LogP contribution in [-0.4, -0.2) is 48.3 Å². The number of aliphatic hydroxyl groups is 1. The van der Waals surface area contributed by atoms with Gasteiger partial charge in [0, 0.05) is 17.3 Å². The van der Waals surface area contributed by atoms with E-state index in [-0.39, 0.29) is 17.8 Å². The number of pyridine rings is 1. The average Bonchev–Trinajstić information content (AvgIpc) is 3.33. The number of methoxy groups -OCH3 is 2. The van der Waals surface area contributed by atoms with Gasteiger partial charge in [0.15, 0.2) is 0 Å². The summed E-state index contributed by atoms with van der Waals surface area (Å²) in [6, 6.07) is 17.7. The van der Waals surface area contributed by atoms with Crippen molar-refractivity contribution < 1.29 is 23.8 Å². The number of aromatic nitrogens is 1. The van der Waals surface area contributed by atoms with Gasteiger partial charge in [0.1, 0.15) is 17.1 Å². The predicted molar refractivity (Wildman–Crippen MR) is 138 cm³/mol. The van der Waals surface area contributed by atoms with Gasteiger partial charge in [-0.1, -0.05) is 30.3 Å². The number of esters is 1. The number of piperidine rings is 1. The zero-order valence-electron chi connectivity index (χ0n) is 20.7. The first kappa shape index (κ1) is 24.3. The van der Waals surface area contributed by atoms with Crippen LogP contribution in [0.1, 0.15) is 36.7 Å². The van der Waals surface area contributed by atoms with Crippen LogP contribution in [0.25, 0.3) is 21.9 Å². The van der Waals surface area contributed by atoms with Crippen molar-refractivity contribution in [2.45, 2.75) is 31.9 Å². The molecule has 0 spiro atoms. The van der Waals surface area contributed by atoms with E-state index < -0.39 is 6.10 Å². The maximum Gasteiger partial charge on any atom is 0.310 e. The maximum absolute atomic E-state index is 12.7. The molecule has 188 valence electrons. The van der Waals surface area contributed by atoms with Crippen molar-refractivity contribution in [2.24, 2.45) is 11.8 Å². The van der Waals surface area contributed by atoms with Gasteiger partial charge in [0.2, 0.25) is 0 Å². The van der Waals surface area contributed by atoms with Crippen molar-refractivity contribution in [3.8, 4) is 5.75 Å². The van der Waals surface area contributed by atoms with Gasteiger partial charge in [-0.05, 0) is 61.6 Å². The lowest BCUT2D eigenvalue weighted by Crippen LogP contribution is -2.44. The Labute approximate surface area is 210 Å². The molecule has 4 aromatic rings. The van der Waals surface area contributed by atoms with E-state index in [1.54, 1.807) is 13.3 Å². The Bertz CT molecular complexity index is 1320. The van der Waals surface area contributed by atoms with Crippen LogP contribution in [0.4, 0.5) is 0 Å². The Balaban J connectivity index is 1.26. The topological polar surface area (TPSA) is 85.0 Å². The van der Waals surface area contributed by atoms with Crippen molar-refractivity contribution in [3.05, 3.63) is 72.1 Å². The zero-order chi connectivity index (χ0) is 25.1. The number of carbonyl (C=O) groups is 1. The molecule has 5 rings (SSSR count). The first-order valence-corrected chi connectivity index (χ1v) is 12.4. The molecule has 7 heteroatoms. The fraction of sp³-hybridized carbons (Fsp3) is 0.379. The molecule has 7 nitrogen and oxygen atoms in total. The molecule has 1 fully saturated rings. The molecule has 1 aliphatic rings. The van der Waals surface area contributed by atoms with E-state index >= 15 is 0 Å². The summed E-state index contributed by atoms with van der Waals surface area (Å²) >= 11 is 0. The molecule has 0 amide bonds. The number of furan rings is 1. The van der Waals surface area contributed by atoms with Crippen LogP contribution in [-0.2, 0) is 16.1 Å². The van der Waals surface area contributed by atoms with E-state index in [1.807, 2.05) is 48.5 Å². The zero-order valence-corrected chi connectivity index (χ0v) is 20.7. The van der Waals surface area contributed by atoms with E-state index in [0.717, 1.165) is 52.6 Å². The van der Waals surface area contributed by atoms with Gasteiger partial charge in [-0.25, -0.2) is 0 Å². The Morgan fingerprint density at radius 1 is 1.19 bits per heavy atom. The number of para-hydroxylation sites is 1. The van der Waals surface area contributed by atoms with Crippen LogP contribution in [0.15, 0.2) is 65.2 Å². The van der Waals surface area contributed by atoms with Crippen LogP contribution < -0.4 is 4.74 Å². The SMILES string of the molecule is COC(=O)[C@H]1CN(Cc2cc3ccccc3o2)CC[C@H]1CC[C@H](O)c1cccc2ncc(OC)cc12. The highest BCUT2D eigenvalue weighted by atomic mass is 16.5. The summed E-state index contributed by atoms with van der Waals surface area (Å²) in [7, 11) is 3.05. The van der Waals surface area contributed by atoms with Crippen molar-refractivity contribution in [1.82, 2.24) is 9.88 Å². The molecule has 36 heavy (non-hydrogen) atoms. The minimum atomic E-state index is -0.658. The van der Waals surface area contributed by atoms with Crippen molar-refractivity contribution in [2.75, 3.05) is 27.3 Å². The molecule has 1 aliphatic heterocycles. The van der Waals surface area contributed by atoms with Crippen molar-refractivity contribution in [3.63, 3.8) is 0 Å². The van der Waals surface area contributed by atoms with E-state index in [1.165, 1.54) is 7.11 Å². The summed E-state index contributed by atoms with van der Waals surface area (Å²) in [5.74, 6) is 1.26. The monoisotopic (exact) mass is 488 g/mol. The lowest BCUT2D eigenvalue weighted by molar-refractivity contribution is -0.150. The van der Waals surface area contributed by atoms with Crippen LogP contribution in [0, 0.1) is 11.8 Å². The number of hydrogen-bond donors (Lipinski definition) is 1. The molecular weight excluding hydrogens is 456 g/mol. The van der Waals surface area contributed by atoms with Gasteiger partial charge < -0.3 is 19.0 Å². The lowest BCUT2D eigenvalue weighted by Gasteiger charge is -2.37. The third kappa shape index (κ3) is 5.08. The van der Waals surface area contributed by atoms with Gasteiger partial charge in [-0.2, -0.15) is 0 Å². The number of likely N-dealkylation sites (tertiary alicyclic amines) is 1. The Kier molecular flexibility index (Phi) is 7.20.